The molecule has 1 aliphatic rings. The Morgan fingerprint density at radius 3 is 2.57 bits per heavy atom. The number of aryl methyl sites for hydroxylation is 2. The fourth-order valence-corrected chi connectivity index (χ4v) is 4.97. The van der Waals surface area contributed by atoms with E-state index in [1.807, 2.05) is 23.6 Å². The zero-order valence-corrected chi connectivity index (χ0v) is 20.8. The first kappa shape index (κ1) is 24.7. The zero-order valence-electron chi connectivity index (χ0n) is 20.8. The minimum Gasteiger partial charge on any atom is -0.333 e. The summed E-state index contributed by atoms with van der Waals surface area (Å²) >= 11 is 0. The van der Waals surface area contributed by atoms with E-state index in [4.69, 9.17) is 0 Å². The largest absolute Gasteiger partial charge is 0.435 e. The van der Waals surface area contributed by atoms with Crippen molar-refractivity contribution in [1.29, 1.82) is 0 Å². The van der Waals surface area contributed by atoms with Crippen molar-refractivity contribution in [3.8, 4) is 11.1 Å². The monoisotopic (exact) mass is 508 g/mol. The summed E-state index contributed by atoms with van der Waals surface area (Å²) in [6.45, 7) is 4.73. The molecule has 0 saturated carbocycles. The summed E-state index contributed by atoms with van der Waals surface area (Å²) in [6, 6.07) is 7.20. The van der Waals surface area contributed by atoms with Crippen LogP contribution in [0.3, 0.4) is 0 Å². The van der Waals surface area contributed by atoms with Gasteiger partial charge in [0.15, 0.2) is 5.69 Å². The number of aromatic nitrogens is 5. The molecule has 0 fully saturated rings. The van der Waals surface area contributed by atoms with Crippen molar-refractivity contribution < 1.29 is 18.0 Å². The number of hydrogen-bond donors (Lipinski definition) is 0. The predicted octanol–water partition coefficient (Wildman–Crippen LogP) is 5.07. The molecule has 192 valence electrons. The van der Waals surface area contributed by atoms with Crippen LogP contribution >= 0.6 is 0 Å². The number of hydrogen-bond acceptors (Lipinski definition) is 4. The van der Waals surface area contributed by atoms with E-state index in [0.29, 0.717) is 41.8 Å². The smallest absolute Gasteiger partial charge is 0.333 e. The number of pyridine rings is 1. The van der Waals surface area contributed by atoms with Crippen molar-refractivity contribution in [3.05, 3.63) is 89.0 Å². The molecule has 0 radical (unpaired) electrons. The molecule has 10 heteroatoms. The van der Waals surface area contributed by atoms with Gasteiger partial charge in [0.05, 0.1) is 18.1 Å². The molecule has 1 amide bonds. The Bertz CT molecular complexity index is 1440. The van der Waals surface area contributed by atoms with Crippen molar-refractivity contribution >= 4 is 5.91 Å². The van der Waals surface area contributed by atoms with Crippen LogP contribution < -0.4 is 0 Å². The number of halogens is 3. The average Bonchev–Trinajstić information content (AvgIpc) is 3.53. The van der Waals surface area contributed by atoms with Gasteiger partial charge in [0, 0.05) is 56.1 Å². The number of carbonyl (C=O) groups is 1. The van der Waals surface area contributed by atoms with Crippen LogP contribution in [0.5, 0.6) is 0 Å². The Balaban J connectivity index is 1.61. The van der Waals surface area contributed by atoms with Crippen LogP contribution in [0.25, 0.3) is 11.1 Å². The van der Waals surface area contributed by atoms with E-state index in [-0.39, 0.29) is 17.5 Å². The molecule has 4 heterocycles. The molecule has 0 N–H and O–H groups in total. The number of fused-ring (bicyclic) bond motifs is 1. The summed E-state index contributed by atoms with van der Waals surface area (Å²) in [6.07, 6.45) is 4.81. The first-order valence-electron chi connectivity index (χ1n) is 12.1. The molecule has 1 aromatic carbocycles. The van der Waals surface area contributed by atoms with Gasteiger partial charge in [0.1, 0.15) is 0 Å². The number of imidazole rings is 1. The highest BCUT2D eigenvalue weighted by Crippen LogP contribution is 2.40. The number of carbonyl (C=O) groups excluding carboxylic acids is 1. The van der Waals surface area contributed by atoms with E-state index in [1.165, 1.54) is 17.9 Å². The fraction of sp³-hybridized carbons (Fsp3) is 0.333. The van der Waals surface area contributed by atoms with Gasteiger partial charge in [-0.15, -0.1) is 0 Å². The van der Waals surface area contributed by atoms with Crippen molar-refractivity contribution in [2.24, 2.45) is 7.05 Å². The molecular formula is C27H27F3N6O. The maximum atomic E-state index is 13.9. The van der Waals surface area contributed by atoms with Gasteiger partial charge in [-0.2, -0.15) is 18.3 Å². The second-order valence-corrected chi connectivity index (χ2v) is 9.33. The lowest BCUT2D eigenvalue weighted by Gasteiger charge is -2.34. The van der Waals surface area contributed by atoms with Gasteiger partial charge in [-0.25, -0.2) is 4.98 Å². The van der Waals surface area contributed by atoms with E-state index >= 15 is 0 Å². The Kier molecular flexibility index (Phi) is 6.35. The highest BCUT2D eigenvalue weighted by atomic mass is 19.4. The topological polar surface area (TPSA) is 68.8 Å². The number of rotatable bonds is 6. The van der Waals surface area contributed by atoms with Crippen LogP contribution in [0.2, 0.25) is 0 Å². The fourth-order valence-electron chi connectivity index (χ4n) is 4.97. The molecular weight excluding hydrogens is 481 g/mol. The molecule has 0 bridgehead atoms. The van der Waals surface area contributed by atoms with Crippen LogP contribution in [0.4, 0.5) is 13.2 Å². The summed E-state index contributed by atoms with van der Waals surface area (Å²) in [5, 5.41) is 3.70. The van der Waals surface area contributed by atoms with Crippen molar-refractivity contribution in [2.45, 2.75) is 45.5 Å². The maximum Gasteiger partial charge on any atom is 0.435 e. The molecule has 4 aromatic rings. The number of alkyl halides is 3. The first-order chi connectivity index (χ1) is 17.7. The quantitative estimate of drug-likeness (QED) is 0.365. The molecule has 0 spiro atoms. The second-order valence-electron chi connectivity index (χ2n) is 9.33. The van der Waals surface area contributed by atoms with E-state index in [1.54, 1.807) is 42.0 Å². The second kappa shape index (κ2) is 9.49. The first-order valence-corrected chi connectivity index (χ1v) is 12.1. The minimum absolute atomic E-state index is 0.0228. The van der Waals surface area contributed by atoms with Gasteiger partial charge >= 0.3 is 6.18 Å². The van der Waals surface area contributed by atoms with E-state index < -0.39 is 11.9 Å². The van der Waals surface area contributed by atoms with Crippen LogP contribution in [0.15, 0.2) is 55.4 Å². The zero-order chi connectivity index (χ0) is 26.3. The Morgan fingerprint density at radius 2 is 1.86 bits per heavy atom. The molecule has 7 nitrogen and oxygen atoms in total. The van der Waals surface area contributed by atoms with Crippen LogP contribution in [-0.2, 0) is 32.6 Å². The van der Waals surface area contributed by atoms with E-state index in [2.05, 4.69) is 22.0 Å². The summed E-state index contributed by atoms with van der Waals surface area (Å²) in [5.41, 5.74) is 3.05. The highest BCUT2D eigenvalue weighted by Gasteiger charge is 2.39. The van der Waals surface area contributed by atoms with Gasteiger partial charge in [-0.05, 0) is 66.3 Å². The lowest BCUT2D eigenvalue weighted by Crippen LogP contribution is -2.40. The lowest BCUT2D eigenvalue weighted by molar-refractivity contribution is -0.140. The molecule has 0 aliphatic carbocycles. The van der Waals surface area contributed by atoms with Gasteiger partial charge in [0.25, 0.3) is 5.91 Å². The van der Waals surface area contributed by atoms with Crippen LogP contribution in [-0.4, -0.2) is 41.7 Å². The van der Waals surface area contributed by atoms with E-state index in [0.717, 1.165) is 17.7 Å². The molecule has 37 heavy (non-hydrogen) atoms. The summed E-state index contributed by atoms with van der Waals surface area (Å²) < 4.78 is 44.7. The third-order valence-corrected chi connectivity index (χ3v) is 6.86. The Morgan fingerprint density at radius 1 is 1.08 bits per heavy atom. The Labute approximate surface area is 212 Å². The minimum atomic E-state index is -4.63. The number of nitrogens with zero attached hydrogens (tertiary/aromatic N) is 6. The summed E-state index contributed by atoms with van der Waals surface area (Å²) in [4.78, 5) is 24.1. The molecule has 3 aromatic heterocycles. The van der Waals surface area contributed by atoms with Crippen molar-refractivity contribution in [3.63, 3.8) is 0 Å². The maximum absolute atomic E-state index is 13.9. The number of amides is 1. The molecule has 5 rings (SSSR count). The van der Waals surface area contributed by atoms with Gasteiger partial charge < -0.3 is 9.47 Å². The van der Waals surface area contributed by atoms with Gasteiger partial charge in [-0.3, -0.25) is 14.5 Å². The van der Waals surface area contributed by atoms with E-state index in [9.17, 15) is 18.0 Å². The third-order valence-electron chi connectivity index (χ3n) is 6.86. The van der Waals surface area contributed by atoms with Crippen LogP contribution in [0.1, 0.15) is 58.3 Å². The normalized spacial score (nSPS) is 14.6. The predicted molar refractivity (Wildman–Crippen MR) is 132 cm³/mol. The Hall–Kier alpha value is -3.95. The lowest BCUT2D eigenvalue weighted by atomic mass is 9.87. The highest BCUT2D eigenvalue weighted by molar-refractivity contribution is 5.99. The molecule has 1 atom stereocenters. The summed E-state index contributed by atoms with van der Waals surface area (Å²) in [5.74, 6) is -0.219. The van der Waals surface area contributed by atoms with Gasteiger partial charge in [0.2, 0.25) is 0 Å². The summed E-state index contributed by atoms with van der Waals surface area (Å²) in [7, 11) is 1.46. The van der Waals surface area contributed by atoms with Crippen molar-refractivity contribution in [2.75, 3.05) is 6.54 Å². The SMILES string of the molecule is CCc1ccnc([C@H](C)N2CCc3c(cc(Cn4ccnc4)cc3-c3cn(C)nc3C(F)(F)F)C2=O)c1. The van der Waals surface area contributed by atoms with Gasteiger partial charge in [-0.1, -0.05) is 6.92 Å². The third kappa shape index (κ3) is 4.75. The number of benzene rings is 1. The average molecular weight is 509 g/mol. The molecule has 0 saturated heterocycles. The molecule has 0 unspecified atom stereocenters. The molecule has 1 aliphatic heterocycles. The van der Waals surface area contributed by atoms with Crippen molar-refractivity contribution in [1.82, 2.24) is 29.2 Å². The standard InChI is InChI=1S/C27H27F3N6O/c1-4-18-5-7-32-24(13-18)17(2)36-9-6-20-21(23-15-34(3)33-25(23)27(28,29)30)11-19(12-22(20)26(36)37)14-35-10-8-31-16-35/h5,7-8,10-13,15-17H,4,6,9,14H2,1-3H3/t17-/m0/s1. The van der Waals surface area contributed by atoms with Crippen LogP contribution in [0, 0.1) is 0 Å².